The van der Waals surface area contributed by atoms with E-state index in [-0.39, 0.29) is 0 Å². The van der Waals surface area contributed by atoms with Crippen LogP contribution in [0, 0.1) is 5.92 Å². The van der Waals surface area contributed by atoms with E-state index in [2.05, 4.69) is 19.2 Å². The number of carbonyl (C=O) groups excluding carboxylic acids is 1. The van der Waals surface area contributed by atoms with Gasteiger partial charge in [0.15, 0.2) is 0 Å². The fourth-order valence-electron chi connectivity index (χ4n) is 2.87. The number of ketones is 1. The van der Waals surface area contributed by atoms with E-state index in [0.717, 1.165) is 32.2 Å². The quantitative estimate of drug-likeness (QED) is 0.670. The summed E-state index contributed by atoms with van der Waals surface area (Å²) in [5.41, 5.74) is 0. The number of hydrogen-bond acceptors (Lipinski definition) is 2. The molecule has 2 nitrogen and oxygen atoms in total. The molecular formula is C16H31NO. The molecule has 0 aromatic rings. The van der Waals surface area contributed by atoms with E-state index in [1.54, 1.807) is 0 Å². The van der Waals surface area contributed by atoms with Gasteiger partial charge in [-0.05, 0) is 31.7 Å². The predicted molar refractivity (Wildman–Crippen MR) is 77.8 cm³/mol. The van der Waals surface area contributed by atoms with Gasteiger partial charge in [0, 0.05) is 18.9 Å². The molecule has 2 heteroatoms. The van der Waals surface area contributed by atoms with Gasteiger partial charge < -0.3 is 5.32 Å². The summed E-state index contributed by atoms with van der Waals surface area (Å²) in [4.78, 5) is 12.0. The van der Waals surface area contributed by atoms with Crippen molar-refractivity contribution in [2.75, 3.05) is 6.54 Å². The van der Waals surface area contributed by atoms with Gasteiger partial charge >= 0.3 is 0 Å². The summed E-state index contributed by atoms with van der Waals surface area (Å²) in [5, 5.41) is 3.52. The normalized spacial score (nSPS) is 21.8. The lowest BCUT2D eigenvalue weighted by molar-refractivity contribution is -0.120. The average molecular weight is 253 g/mol. The molecule has 0 saturated carbocycles. The highest BCUT2D eigenvalue weighted by Crippen LogP contribution is 2.19. The fraction of sp³-hybridized carbons (Fsp3) is 0.938. The molecule has 1 saturated heterocycles. The maximum atomic E-state index is 12.0. The summed E-state index contributed by atoms with van der Waals surface area (Å²) in [6, 6.07) is 0.610. The highest BCUT2D eigenvalue weighted by molar-refractivity contribution is 5.78. The lowest BCUT2D eigenvalue weighted by atomic mass is 9.91. The maximum absolute atomic E-state index is 12.0. The Morgan fingerprint density at radius 1 is 1.33 bits per heavy atom. The first kappa shape index (κ1) is 15.7. The van der Waals surface area contributed by atoms with Crippen LogP contribution in [0.5, 0.6) is 0 Å². The molecule has 2 atom stereocenters. The number of Topliss-reactive ketones (excluding diaryl/α,β-unsaturated/α-hetero) is 1. The Morgan fingerprint density at radius 3 is 2.78 bits per heavy atom. The van der Waals surface area contributed by atoms with E-state index in [4.69, 9.17) is 0 Å². The maximum Gasteiger partial charge on any atom is 0.133 e. The van der Waals surface area contributed by atoms with E-state index in [9.17, 15) is 4.79 Å². The molecule has 2 unspecified atom stereocenters. The smallest absolute Gasteiger partial charge is 0.133 e. The SMILES string of the molecule is CCCCC(CC)CC(=O)CCC1CCCCN1. The van der Waals surface area contributed by atoms with Gasteiger partial charge in [-0.15, -0.1) is 0 Å². The molecule has 1 fully saturated rings. The zero-order valence-corrected chi connectivity index (χ0v) is 12.3. The van der Waals surface area contributed by atoms with Crippen molar-refractivity contribution in [3.05, 3.63) is 0 Å². The number of unbranched alkanes of at least 4 members (excludes halogenated alkanes) is 1. The summed E-state index contributed by atoms with van der Waals surface area (Å²) in [7, 11) is 0. The van der Waals surface area contributed by atoms with Crippen molar-refractivity contribution in [1.82, 2.24) is 5.32 Å². The molecule has 1 rings (SSSR count). The Morgan fingerprint density at radius 2 is 2.17 bits per heavy atom. The van der Waals surface area contributed by atoms with Crippen LogP contribution in [0.1, 0.15) is 78.1 Å². The highest BCUT2D eigenvalue weighted by atomic mass is 16.1. The Balaban J connectivity index is 2.14. The molecule has 0 spiro atoms. The summed E-state index contributed by atoms with van der Waals surface area (Å²) in [6.45, 7) is 5.59. The van der Waals surface area contributed by atoms with Crippen molar-refractivity contribution in [1.29, 1.82) is 0 Å². The van der Waals surface area contributed by atoms with Gasteiger partial charge in [0.25, 0.3) is 0 Å². The molecule has 0 bridgehead atoms. The largest absolute Gasteiger partial charge is 0.314 e. The van der Waals surface area contributed by atoms with Crippen LogP contribution in [-0.4, -0.2) is 18.4 Å². The highest BCUT2D eigenvalue weighted by Gasteiger charge is 2.16. The molecule has 0 amide bonds. The number of hydrogen-bond donors (Lipinski definition) is 1. The molecule has 0 aromatic carbocycles. The second-order valence-corrected chi connectivity index (χ2v) is 5.84. The topological polar surface area (TPSA) is 29.1 Å². The Kier molecular flexibility index (Phi) is 8.32. The van der Waals surface area contributed by atoms with Crippen molar-refractivity contribution in [3.8, 4) is 0 Å². The van der Waals surface area contributed by atoms with Crippen LogP contribution in [0.25, 0.3) is 0 Å². The first-order chi connectivity index (χ1) is 8.76. The molecule has 0 aromatic heterocycles. The molecule has 1 aliphatic rings. The first-order valence-electron chi connectivity index (χ1n) is 8.01. The van der Waals surface area contributed by atoms with Crippen molar-refractivity contribution in [3.63, 3.8) is 0 Å². The van der Waals surface area contributed by atoms with Crippen LogP contribution in [0.2, 0.25) is 0 Å². The molecule has 1 N–H and O–H groups in total. The van der Waals surface area contributed by atoms with Gasteiger partial charge in [-0.2, -0.15) is 0 Å². The third kappa shape index (κ3) is 6.53. The van der Waals surface area contributed by atoms with Crippen LogP contribution < -0.4 is 5.32 Å². The molecule has 0 radical (unpaired) electrons. The lowest BCUT2D eigenvalue weighted by Crippen LogP contribution is -2.34. The van der Waals surface area contributed by atoms with Crippen LogP contribution in [0.15, 0.2) is 0 Å². The van der Waals surface area contributed by atoms with Crippen LogP contribution >= 0.6 is 0 Å². The van der Waals surface area contributed by atoms with E-state index in [1.165, 1.54) is 38.5 Å². The summed E-state index contributed by atoms with van der Waals surface area (Å²) in [6.07, 6.45) is 11.5. The van der Waals surface area contributed by atoms with Gasteiger partial charge in [0.05, 0.1) is 0 Å². The summed E-state index contributed by atoms with van der Waals surface area (Å²) in [5.74, 6) is 1.13. The van der Waals surface area contributed by atoms with E-state index in [0.29, 0.717) is 17.7 Å². The third-order valence-electron chi connectivity index (χ3n) is 4.24. The molecule has 18 heavy (non-hydrogen) atoms. The van der Waals surface area contributed by atoms with E-state index < -0.39 is 0 Å². The van der Waals surface area contributed by atoms with Crippen molar-refractivity contribution >= 4 is 5.78 Å². The number of carbonyl (C=O) groups is 1. The second-order valence-electron chi connectivity index (χ2n) is 5.84. The van der Waals surface area contributed by atoms with Crippen LogP contribution in [0.3, 0.4) is 0 Å². The van der Waals surface area contributed by atoms with Crippen molar-refractivity contribution in [2.24, 2.45) is 5.92 Å². The van der Waals surface area contributed by atoms with E-state index in [1.807, 2.05) is 0 Å². The lowest BCUT2D eigenvalue weighted by Gasteiger charge is -2.23. The standard InChI is InChI=1S/C16H31NO/c1-3-5-8-14(4-2)13-16(18)11-10-15-9-6-7-12-17-15/h14-15,17H,3-13H2,1-2H3. The van der Waals surface area contributed by atoms with Gasteiger partial charge in [-0.25, -0.2) is 0 Å². The van der Waals surface area contributed by atoms with Crippen molar-refractivity contribution < 1.29 is 4.79 Å². The van der Waals surface area contributed by atoms with Crippen LogP contribution in [-0.2, 0) is 4.79 Å². The van der Waals surface area contributed by atoms with E-state index >= 15 is 0 Å². The fourth-order valence-corrected chi connectivity index (χ4v) is 2.87. The number of rotatable bonds is 9. The Bertz CT molecular complexity index is 221. The van der Waals surface area contributed by atoms with Crippen LogP contribution in [0.4, 0.5) is 0 Å². The predicted octanol–water partition coefficient (Wildman–Crippen LogP) is 4.08. The minimum atomic E-state index is 0.491. The summed E-state index contributed by atoms with van der Waals surface area (Å²) < 4.78 is 0. The van der Waals surface area contributed by atoms with Gasteiger partial charge in [0.2, 0.25) is 0 Å². The number of piperidine rings is 1. The number of nitrogens with one attached hydrogen (secondary N) is 1. The molecule has 1 aliphatic heterocycles. The molecular weight excluding hydrogens is 222 g/mol. The Labute approximate surface area is 113 Å². The molecule has 106 valence electrons. The van der Waals surface area contributed by atoms with Gasteiger partial charge in [-0.3, -0.25) is 4.79 Å². The molecule has 0 aliphatic carbocycles. The second kappa shape index (κ2) is 9.55. The molecule has 1 heterocycles. The van der Waals surface area contributed by atoms with Crippen molar-refractivity contribution in [2.45, 2.75) is 84.1 Å². The minimum Gasteiger partial charge on any atom is -0.314 e. The monoisotopic (exact) mass is 253 g/mol. The summed E-state index contributed by atoms with van der Waals surface area (Å²) >= 11 is 0. The zero-order chi connectivity index (χ0) is 13.2. The Hall–Kier alpha value is -0.370. The third-order valence-corrected chi connectivity index (χ3v) is 4.24. The first-order valence-corrected chi connectivity index (χ1v) is 8.01. The zero-order valence-electron chi connectivity index (χ0n) is 12.3. The average Bonchev–Trinajstić information content (AvgIpc) is 2.42. The minimum absolute atomic E-state index is 0.491. The van der Waals surface area contributed by atoms with Gasteiger partial charge in [-0.1, -0.05) is 46.0 Å². The van der Waals surface area contributed by atoms with Gasteiger partial charge in [0.1, 0.15) is 5.78 Å².